The first-order valence-corrected chi connectivity index (χ1v) is 18.5. The molecule has 0 bridgehead atoms. The second kappa shape index (κ2) is 10.8. The number of furan rings is 1. The van der Waals surface area contributed by atoms with Gasteiger partial charge in [-0.2, -0.15) is 0 Å². The quantitative estimate of drug-likeness (QED) is 0.185. The first-order valence-electron chi connectivity index (χ1n) is 16.8. The normalized spacial score (nSPS) is 12.0. The van der Waals surface area contributed by atoms with Gasteiger partial charge in [-0.1, -0.05) is 97.1 Å². The van der Waals surface area contributed by atoms with Crippen molar-refractivity contribution in [3.63, 3.8) is 0 Å². The first kappa shape index (κ1) is 28.0. The first-order chi connectivity index (χ1) is 24.8. The minimum absolute atomic E-state index is 0.928. The topological polar surface area (TPSA) is 16.4 Å². The molecule has 3 aromatic heterocycles. The lowest BCUT2D eigenvalue weighted by Crippen LogP contribution is -2.09. The van der Waals surface area contributed by atoms with Gasteiger partial charge in [0.2, 0.25) is 0 Å². The van der Waals surface area contributed by atoms with Crippen molar-refractivity contribution in [1.29, 1.82) is 0 Å². The van der Waals surface area contributed by atoms with Gasteiger partial charge >= 0.3 is 0 Å². The predicted molar refractivity (Wildman–Crippen MR) is 217 cm³/mol. The molecule has 8 aromatic carbocycles. The Labute approximate surface area is 295 Å². The average Bonchev–Trinajstić information content (AvgIpc) is 3.86. The standard InChI is InChI=1S/C46H27NOS2/c1-2-8-28(9-3-1)29-14-17-31(18-15-29)47(33-19-22-36-35-12-6-7-13-40(35)50-43(36)27-33)32-20-24-41-38(26-32)45-42(49-41)25-23-39-44(45)37-21-16-30-10-4-5-11-34(30)46(37)48-39/h1-27H. The molecule has 50 heavy (non-hydrogen) atoms. The van der Waals surface area contributed by atoms with E-state index in [-0.39, 0.29) is 0 Å². The highest BCUT2D eigenvalue weighted by atomic mass is 32.1. The SMILES string of the molecule is c1ccc(-c2ccc(N(c3ccc4c(c3)sc3ccccc34)c3ccc4sc5ccc6oc7c8ccccc8ccc7c6c5c4c3)cc2)cc1. The number of anilines is 3. The van der Waals surface area contributed by atoms with Crippen LogP contribution in [-0.4, -0.2) is 0 Å². The molecule has 0 spiro atoms. The fourth-order valence-corrected chi connectivity index (χ4v) is 9.96. The van der Waals surface area contributed by atoms with E-state index in [1.807, 2.05) is 22.7 Å². The Morgan fingerprint density at radius 2 is 1.02 bits per heavy atom. The molecule has 0 N–H and O–H groups in total. The monoisotopic (exact) mass is 673 g/mol. The number of fused-ring (bicyclic) bond motifs is 12. The summed E-state index contributed by atoms with van der Waals surface area (Å²) in [5.41, 5.74) is 7.69. The smallest absolute Gasteiger partial charge is 0.143 e. The zero-order valence-electron chi connectivity index (χ0n) is 26.8. The minimum Gasteiger partial charge on any atom is -0.455 e. The summed E-state index contributed by atoms with van der Waals surface area (Å²) in [6.07, 6.45) is 0. The van der Waals surface area contributed by atoms with E-state index in [4.69, 9.17) is 4.42 Å². The molecule has 0 atom stereocenters. The number of rotatable bonds is 4. The summed E-state index contributed by atoms with van der Waals surface area (Å²) >= 11 is 3.71. The van der Waals surface area contributed by atoms with E-state index in [0.29, 0.717) is 0 Å². The summed E-state index contributed by atoms with van der Waals surface area (Å²) in [5.74, 6) is 0. The van der Waals surface area contributed by atoms with Crippen molar-refractivity contribution in [3.05, 3.63) is 164 Å². The van der Waals surface area contributed by atoms with Crippen molar-refractivity contribution in [2.24, 2.45) is 0 Å². The van der Waals surface area contributed by atoms with Crippen LogP contribution < -0.4 is 4.90 Å². The molecule has 0 aliphatic carbocycles. The molecule has 0 unspecified atom stereocenters. The van der Waals surface area contributed by atoms with Crippen molar-refractivity contribution < 1.29 is 4.42 Å². The highest BCUT2D eigenvalue weighted by Gasteiger charge is 2.20. The molecule has 11 rings (SSSR count). The van der Waals surface area contributed by atoms with E-state index in [1.54, 1.807) is 0 Å². The third-order valence-corrected chi connectivity index (χ3v) is 12.3. The number of hydrogen-bond acceptors (Lipinski definition) is 4. The van der Waals surface area contributed by atoms with Gasteiger partial charge in [-0.15, -0.1) is 22.7 Å². The van der Waals surface area contributed by atoms with E-state index in [0.717, 1.165) is 39.0 Å². The number of benzene rings is 8. The van der Waals surface area contributed by atoms with Gasteiger partial charge in [0.25, 0.3) is 0 Å². The second-order valence-corrected chi connectivity index (χ2v) is 15.1. The number of hydrogen-bond donors (Lipinski definition) is 0. The van der Waals surface area contributed by atoms with E-state index in [1.165, 1.54) is 62.2 Å². The van der Waals surface area contributed by atoms with Crippen molar-refractivity contribution in [2.45, 2.75) is 0 Å². The third kappa shape index (κ3) is 4.19. The van der Waals surface area contributed by atoms with Gasteiger partial charge in [0.15, 0.2) is 0 Å². The van der Waals surface area contributed by atoms with Gasteiger partial charge < -0.3 is 9.32 Å². The van der Waals surface area contributed by atoms with Gasteiger partial charge in [0.05, 0.1) is 0 Å². The van der Waals surface area contributed by atoms with Crippen LogP contribution in [-0.2, 0) is 0 Å². The molecule has 2 nitrogen and oxygen atoms in total. The van der Waals surface area contributed by atoms with Crippen LogP contribution in [0.15, 0.2) is 168 Å². The lowest BCUT2D eigenvalue weighted by Gasteiger charge is -2.26. The van der Waals surface area contributed by atoms with Crippen LogP contribution in [0, 0.1) is 0 Å². The van der Waals surface area contributed by atoms with Crippen LogP contribution in [0.3, 0.4) is 0 Å². The molecule has 4 heteroatoms. The molecule has 11 aromatic rings. The summed E-state index contributed by atoms with van der Waals surface area (Å²) in [5, 5.41) is 9.82. The molecule has 0 saturated heterocycles. The lowest BCUT2D eigenvalue weighted by atomic mass is 10.0. The summed E-state index contributed by atoms with van der Waals surface area (Å²) in [6.45, 7) is 0. The molecule has 0 aliphatic heterocycles. The Bertz CT molecular complexity index is 3090. The average molecular weight is 674 g/mol. The van der Waals surface area contributed by atoms with Crippen LogP contribution >= 0.6 is 22.7 Å². The van der Waals surface area contributed by atoms with Crippen molar-refractivity contribution >= 4 is 113 Å². The molecule has 234 valence electrons. The summed E-state index contributed by atoms with van der Waals surface area (Å²) in [6, 6.07) is 59.5. The zero-order chi connectivity index (χ0) is 32.8. The van der Waals surface area contributed by atoms with Gasteiger partial charge in [-0.05, 0) is 83.2 Å². The maximum absolute atomic E-state index is 6.62. The molecule has 0 amide bonds. The minimum atomic E-state index is 0.928. The van der Waals surface area contributed by atoms with Crippen LogP contribution in [0.4, 0.5) is 17.1 Å². The van der Waals surface area contributed by atoms with Crippen molar-refractivity contribution in [1.82, 2.24) is 0 Å². The maximum Gasteiger partial charge on any atom is 0.143 e. The van der Waals surface area contributed by atoms with Crippen LogP contribution in [0.5, 0.6) is 0 Å². The molecular formula is C46H27NOS2. The maximum atomic E-state index is 6.62. The predicted octanol–water partition coefficient (Wildman–Crippen LogP) is 14.6. The summed E-state index contributed by atoms with van der Waals surface area (Å²) in [7, 11) is 0. The Hall–Kier alpha value is -5.94. The van der Waals surface area contributed by atoms with E-state index in [9.17, 15) is 0 Å². The van der Waals surface area contributed by atoms with Gasteiger partial charge in [-0.25, -0.2) is 0 Å². The number of nitrogens with zero attached hydrogens (tertiary/aromatic N) is 1. The van der Waals surface area contributed by atoms with Crippen molar-refractivity contribution in [3.8, 4) is 11.1 Å². The highest BCUT2D eigenvalue weighted by Crippen LogP contribution is 2.47. The fraction of sp³-hybridized carbons (Fsp3) is 0. The van der Waals surface area contributed by atoms with Gasteiger partial charge in [0.1, 0.15) is 11.2 Å². The van der Waals surface area contributed by atoms with Crippen molar-refractivity contribution in [2.75, 3.05) is 4.90 Å². The van der Waals surface area contributed by atoms with Crippen LogP contribution in [0.1, 0.15) is 0 Å². The van der Waals surface area contributed by atoms with E-state index >= 15 is 0 Å². The molecule has 0 radical (unpaired) electrons. The number of thiophene rings is 2. The Kier molecular flexibility index (Phi) is 6.03. The molecule has 3 heterocycles. The van der Waals surface area contributed by atoms with Gasteiger partial charge in [0, 0.05) is 73.6 Å². The molecular weight excluding hydrogens is 647 g/mol. The third-order valence-electron chi connectivity index (χ3n) is 10.1. The van der Waals surface area contributed by atoms with E-state index < -0.39 is 0 Å². The molecule has 0 aliphatic rings. The summed E-state index contributed by atoms with van der Waals surface area (Å²) in [4.78, 5) is 2.41. The largest absolute Gasteiger partial charge is 0.455 e. The van der Waals surface area contributed by atoms with Crippen LogP contribution in [0.2, 0.25) is 0 Å². The zero-order valence-corrected chi connectivity index (χ0v) is 28.4. The van der Waals surface area contributed by atoms with Gasteiger partial charge in [-0.3, -0.25) is 0 Å². The molecule has 0 fully saturated rings. The van der Waals surface area contributed by atoms with Crippen LogP contribution in [0.25, 0.3) is 84.2 Å². The Balaban J connectivity index is 1.15. The lowest BCUT2D eigenvalue weighted by molar-refractivity contribution is 0.673. The fourth-order valence-electron chi connectivity index (χ4n) is 7.72. The highest BCUT2D eigenvalue weighted by molar-refractivity contribution is 7.26. The Morgan fingerprint density at radius 1 is 0.380 bits per heavy atom. The summed E-state index contributed by atoms with van der Waals surface area (Å²) < 4.78 is 11.8. The molecule has 0 saturated carbocycles. The van der Waals surface area contributed by atoms with E-state index in [2.05, 4.69) is 169 Å². The Morgan fingerprint density at radius 3 is 1.92 bits per heavy atom. The second-order valence-electron chi connectivity index (χ2n) is 12.9.